The molecule has 0 aliphatic carbocycles. The van der Waals surface area contributed by atoms with E-state index in [0.29, 0.717) is 5.92 Å². The van der Waals surface area contributed by atoms with E-state index in [9.17, 15) is 0 Å². The van der Waals surface area contributed by atoms with Crippen molar-refractivity contribution in [2.24, 2.45) is 5.92 Å². The van der Waals surface area contributed by atoms with Gasteiger partial charge in [0.1, 0.15) is 5.75 Å². The van der Waals surface area contributed by atoms with Gasteiger partial charge in [0.25, 0.3) is 0 Å². The third-order valence-electron chi connectivity index (χ3n) is 4.05. The summed E-state index contributed by atoms with van der Waals surface area (Å²) < 4.78 is 5.47. The van der Waals surface area contributed by atoms with Crippen molar-refractivity contribution in [2.45, 2.75) is 39.0 Å². The molecule has 0 spiro atoms. The molecule has 0 saturated carbocycles. The monoisotopic (exact) mass is 276 g/mol. The van der Waals surface area contributed by atoms with Crippen molar-refractivity contribution >= 4 is 5.69 Å². The molecule has 0 radical (unpaired) electrons. The van der Waals surface area contributed by atoms with Crippen LogP contribution < -0.4 is 15.4 Å². The van der Waals surface area contributed by atoms with E-state index in [1.807, 2.05) is 0 Å². The molecule has 1 aromatic rings. The second-order valence-corrected chi connectivity index (χ2v) is 6.76. The summed E-state index contributed by atoms with van der Waals surface area (Å²) >= 11 is 0. The number of nitrogens with one attached hydrogen (secondary N) is 2. The van der Waals surface area contributed by atoms with Crippen molar-refractivity contribution < 1.29 is 4.74 Å². The van der Waals surface area contributed by atoms with E-state index in [-0.39, 0.29) is 5.41 Å². The van der Waals surface area contributed by atoms with Crippen LogP contribution in [-0.2, 0) is 5.41 Å². The van der Waals surface area contributed by atoms with Gasteiger partial charge in [-0.2, -0.15) is 0 Å². The number of hydrogen-bond donors (Lipinski definition) is 2. The molecule has 2 rings (SSSR count). The largest absolute Gasteiger partial charge is 0.495 e. The fourth-order valence-electron chi connectivity index (χ4n) is 2.67. The van der Waals surface area contributed by atoms with Crippen LogP contribution in [0, 0.1) is 5.92 Å². The highest BCUT2D eigenvalue weighted by Gasteiger charge is 2.17. The van der Waals surface area contributed by atoms with E-state index in [1.165, 1.54) is 24.9 Å². The Morgan fingerprint density at radius 2 is 2.15 bits per heavy atom. The van der Waals surface area contributed by atoms with E-state index >= 15 is 0 Å². The van der Waals surface area contributed by atoms with Crippen molar-refractivity contribution in [1.82, 2.24) is 5.32 Å². The first-order valence-electron chi connectivity index (χ1n) is 7.64. The van der Waals surface area contributed by atoms with Crippen molar-refractivity contribution in [3.05, 3.63) is 23.8 Å². The summed E-state index contributed by atoms with van der Waals surface area (Å²) in [5, 5.41) is 7.05. The quantitative estimate of drug-likeness (QED) is 0.884. The Kier molecular flexibility index (Phi) is 4.92. The van der Waals surface area contributed by atoms with Gasteiger partial charge in [-0.25, -0.2) is 0 Å². The average molecular weight is 276 g/mol. The fourth-order valence-corrected chi connectivity index (χ4v) is 2.67. The van der Waals surface area contributed by atoms with Crippen LogP contribution in [0.1, 0.15) is 39.2 Å². The predicted octanol–water partition coefficient (Wildman–Crippen LogP) is 3.40. The van der Waals surface area contributed by atoms with Gasteiger partial charge in [0.15, 0.2) is 0 Å². The summed E-state index contributed by atoms with van der Waals surface area (Å²) in [6.07, 6.45) is 2.59. The minimum atomic E-state index is 0.162. The molecular formula is C17H28N2O. The molecule has 3 nitrogen and oxygen atoms in total. The maximum atomic E-state index is 5.47. The smallest absolute Gasteiger partial charge is 0.141 e. The number of hydrogen-bond acceptors (Lipinski definition) is 3. The van der Waals surface area contributed by atoms with Crippen molar-refractivity contribution in [1.29, 1.82) is 0 Å². The second kappa shape index (κ2) is 6.49. The Morgan fingerprint density at radius 1 is 1.35 bits per heavy atom. The van der Waals surface area contributed by atoms with Crippen LogP contribution in [0.3, 0.4) is 0 Å². The maximum absolute atomic E-state index is 5.47. The molecule has 1 heterocycles. The minimum absolute atomic E-state index is 0.162. The van der Waals surface area contributed by atoms with Gasteiger partial charge < -0.3 is 15.4 Å². The third-order valence-corrected chi connectivity index (χ3v) is 4.05. The number of methoxy groups -OCH3 is 1. The lowest BCUT2D eigenvalue weighted by atomic mass is 9.86. The summed E-state index contributed by atoms with van der Waals surface area (Å²) in [4.78, 5) is 0. The molecule has 0 aromatic heterocycles. The first-order valence-corrected chi connectivity index (χ1v) is 7.64. The Hall–Kier alpha value is -1.22. The molecular weight excluding hydrogens is 248 g/mol. The Balaban J connectivity index is 2.07. The lowest BCUT2D eigenvalue weighted by Crippen LogP contribution is -2.33. The summed E-state index contributed by atoms with van der Waals surface area (Å²) in [5.74, 6) is 1.65. The van der Waals surface area contributed by atoms with Gasteiger partial charge in [0.05, 0.1) is 12.8 Å². The van der Waals surface area contributed by atoms with Crippen LogP contribution in [0.15, 0.2) is 18.2 Å². The molecule has 1 aromatic carbocycles. The minimum Gasteiger partial charge on any atom is -0.495 e. The lowest BCUT2D eigenvalue weighted by molar-refractivity contribution is 0.390. The number of rotatable bonds is 4. The topological polar surface area (TPSA) is 33.3 Å². The van der Waals surface area contributed by atoms with Crippen molar-refractivity contribution in [2.75, 3.05) is 32.1 Å². The van der Waals surface area contributed by atoms with Gasteiger partial charge in [0, 0.05) is 6.54 Å². The van der Waals surface area contributed by atoms with Gasteiger partial charge in [-0.1, -0.05) is 26.8 Å². The number of benzene rings is 1. The van der Waals surface area contributed by atoms with Crippen LogP contribution in [0.5, 0.6) is 5.75 Å². The van der Waals surface area contributed by atoms with Crippen LogP contribution in [0.4, 0.5) is 5.69 Å². The first kappa shape index (κ1) is 15.2. The lowest BCUT2D eigenvalue weighted by Gasteiger charge is -2.25. The standard InChI is InChI=1S/C17H28N2O/c1-17(2,3)14-7-8-16(20-4)15(10-14)19-12-13-6-5-9-18-11-13/h7-8,10,13,18-19H,5-6,9,11-12H2,1-4H3. The number of anilines is 1. The van der Waals surface area contributed by atoms with E-state index in [2.05, 4.69) is 49.6 Å². The van der Waals surface area contributed by atoms with Crippen LogP contribution in [0.25, 0.3) is 0 Å². The highest BCUT2D eigenvalue weighted by atomic mass is 16.5. The average Bonchev–Trinajstić information content (AvgIpc) is 2.45. The van der Waals surface area contributed by atoms with Gasteiger partial charge in [-0.15, -0.1) is 0 Å². The zero-order valence-electron chi connectivity index (χ0n) is 13.3. The molecule has 1 unspecified atom stereocenters. The highest BCUT2D eigenvalue weighted by Crippen LogP contribution is 2.31. The molecule has 1 aliphatic rings. The Morgan fingerprint density at radius 3 is 2.75 bits per heavy atom. The van der Waals surface area contributed by atoms with E-state index in [0.717, 1.165) is 24.5 Å². The molecule has 1 aliphatic heterocycles. The number of piperidine rings is 1. The molecule has 1 atom stereocenters. The molecule has 112 valence electrons. The summed E-state index contributed by atoms with van der Waals surface area (Å²) in [7, 11) is 1.74. The van der Waals surface area contributed by atoms with Gasteiger partial charge >= 0.3 is 0 Å². The second-order valence-electron chi connectivity index (χ2n) is 6.76. The maximum Gasteiger partial charge on any atom is 0.141 e. The van der Waals surface area contributed by atoms with Crippen LogP contribution >= 0.6 is 0 Å². The summed E-state index contributed by atoms with van der Waals surface area (Å²) in [6.45, 7) is 10.0. The van der Waals surface area contributed by atoms with Gasteiger partial charge in [-0.05, 0) is 55.0 Å². The summed E-state index contributed by atoms with van der Waals surface area (Å²) in [6, 6.07) is 6.46. The van der Waals surface area contributed by atoms with Gasteiger partial charge in [0.2, 0.25) is 0 Å². The Labute approximate surface area is 123 Å². The highest BCUT2D eigenvalue weighted by molar-refractivity contribution is 5.59. The molecule has 0 bridgehead atoms. The molecule has 3 heteroatoms. The van der Waals surface area contributed by atoms with Gasteiger partial charge in [-0.3, -0.25) is 0 Å². The van der Waals surface area contributed by atoms with Crippen LogP contribution in [-0.4, -0.2) is 26.7 Å². The van der Waals surface area contributed by atoms with E-state index < -0.39 is 0 Å². The predicted molar refractivity (Wildman–Crippen MR) is 85.8 cm³/mol. The summed E-state index contributed by atoms with van der Waals surface area (Å²) in [5.41, 5.74) is 2.61. The zero-order chi connectivity index (χ0) is 14.6. The Bertz CT molecular complexity index is 431. The molecule has 1 fully saturated rings. The molecule has 0 amide bonds. The van der Waals surface area contributed by atoms with Crippen LogP contribution in [0.2, 0.25) is 0 Å². The van der Waals surface area contributed by atoms with E-state index in [1.54, 1.807) is 7.11 Å². The first-order chi connectivity index (χ1) is 9.50. The number of ether oxygens (including phenoxy) is 1. The third kappa shape index (κ3) is 3.89. The van der Waals surface area contributed by atoms with E-state index in [4.69, 9.17) is 4.74 Å². The normalized spacial score (nSPS) is 19.7. The van der Waals surface area contributed by atoms with Crippen molar-refractivity contribution in [3.63, 3.8) is 0 Å². The SMILES string of the molecule is COc1ccc(C(C)(C)C)cc1NCC1CCCNC1. The molecule has 20 heavy (non-hydrogen) atoms. The molecule has 1 saturated heterocycles. The zero-order valence-corrected chi connectivity index (χ0v) is 13.3. The molecule has 2 N–H and O–H groups in total. The van der Waals surface area contributed by atoms with Crippen molar-refractivity contribution in [3.8, 4) is 5.75 Å². The fraction of sp³-hybridized carbons (Fsp3) is 0.647.